The Labute approximate surface area is 169 Å². The third kappa shape index (κ3) is 3.83. The van der Waals surface area contributed by atoms with E-state index in [1.54, 1.807) is 12.1 Å². The van der Waals surface area contributed by atoms with E-state index < -0.39 is 6.17 Å². The highest BCUT2D eigenvalue weighted by atomic mass is 16.2. The van der Waals surface area contributed by atoms with Crippen molar-refractivity contribution in [2.75, 3.05) is 0 Å². The molecule has 0 bridgehead atoms. The molecule has 29 heavy (non-hydrogen) atoms. The maximum absolute atomic E-state index is 12.9. The Bertz CT molecular complexity index is 1100. The van der Waals surface area contributed by atoms with E-state index in [0.717, 1.165) is 21.5 Å². The van der Waals surface area contributed by atoms with Crippen LogP contribution >= 0.6 is 0 Å². The topological polar surface area (TPSA) is 58.2 Å². The number of hydrogen-bond donors (Lipinski definition) is 2. The maximum atomic E-state index is 12.9. The van der Waals surface area contributed by atoms with Gasteiger partial charge in [0.15, 0.2) is 0 Å². The number of benzene rings is 4. The number of nitrogens with one attached hydrogen (secondary N) is 2. The molecule has 0 saturated heterocycles. The van der Waals surface area contributed by atoms with Crippen molar-refractivity contribution < 1.29 is 9.59 Å². The van der Waals surface area contributed by atoms with Gasteiger partial charge in [-0.1, -0.05) is 72.8 Å². The van der Waals surface area contributed by atoms with Gasteiger partial charge in [0.05, 0.1) is 0 Å². The first-order valence-corrected chi connectivity index (χ1v) is 9.54. The van der Waals surface area contributed by atoms with E-state index >= 15 is 0 Å². The summed E-state index contributed by atoms with van der Waals surface area (Å²) in [6.07, 6.45) is -0.250. The highest BCUT2D eigenvalue weighted by molar-refractivity contribution is 6.08. The average Bonchev–Trinajstić information content (AvgIpc) is 2.77. The number of carbonyl (C=O) groups excluding carboxylic acids is 2. The molecule has 4 aromatic carbocycles. The summed E-state index contributed by atoms with van der Waals surface area (Å²) in [4.78, 5) is 25.7. The monoisotopic (exact) mass is 381 g/mol. The van der Waals surface area contributed by atoms with Gasteiger partial charge >= 0.3 is 0 Å². The van der Waals surface area contributed by atoms with Gasteiger partial charge < -0.3 is 10.6 Å². The number of hydrogen-bond acceptors (Lipinski definition) is 2. The first-order chi connectivity index (χ1) is 14.2. The molecule has 4 rings (SSSR count). The molecule has 4 heteroatoms. The zero-order valence-electron chi connectivity index (χ0n) is 15.9. The highest BCUT2D eigenvalue weighted by Crippen LogP contribution is 2.20. The molecule has 0 unspecified atom stereocenters. The predicted octanol–water partition coefficient (Wildman–Crippen LogP) is 4.70. The van der Waals surface area contributed by atoms with Crippen LogP contribution in [0.25, 0.3) is 21.5 Å². The first kappa shape index (κ1) is 18.7. The highest BCUT2D eigenvalue weighted by Gasteiger charge is 2.18. The van der Waals surface area contributed by atoms with E-state index in [4.69, 9.17) is 0 Å². The van der Waals surface area contributed by atoms with Crippen LogP contribution in [-0.2, 0) is 0 Å². The second-order valence-electron chi connectivity index (χ2n) is 6.84. The van der Waals surface area contributed by atoms with Crippen LogP contribution in [0.2, 0.25) is 0 Å². The maximum Gasteiger partial charge on any atom is 0.253 e. The molecule has 1 radical (unpaired) electrons. The molecule has 0 saturated carbocycles. The Morgan fingerprint density at radius 2 is 1.07 bits per heavy atom. The fourth-order valence-electron chi connectivity index (χ4n) is 3.50. The molecular weight excluding hydrogens is 360 g/mol. The normalized spacial score (nSPS) is 11.0. The average molecular weight is 381 g/mol. The smallest absolute Gasteiger partial charge is 0.253 e. The molecule has 0 spiro atoms. The van der Waals surface area contributed by atoms with E-state index in [-0.39, 0.29) is 11.8 Å². The Hall–Kier alpha value is -3.66. The van der Waals surface area contributed by atoms with Gasteiger partial charge in [-0.3, -0.25) is 9.59 Å². The Morgan fingerprint density at radius 3 is 1.52 bits per heavy atom. The van der Waals surface area contributed by atoms with E-state index in [2.05, 4.69) is 17.6 Å². The number of carbonyl (C=O) groups is 2. The van der Waals surface area contributed by atoms with Crippen molar-refractivity contribution in [1.82, 2.24) is 10.6 Å². The van der Waals surface area contributed by atoms with Gasteiger partial charge in [-0.2, -0.15) is 0 Å². The van der Waals surface area contributed by atoms with Crippen molar-refractivity contribution in [1.29, 1.82) is 0 Å². The standard InChI is InChI=1S/C25H21N2O2/c1-2-23(26-24(28)21-15-7-11-17-9-3-5-13-19(17)21)27-25(29)22-16-8-12-18-10-4-6-14-20(18)22/h3-16,23H,1-2H2,(H,26,28)(H,27,29). The minimum absolute atomic E-state index is 0.242. The Balaban J connectivity index is 1.55. The van der Waals surface area contributed by atoms with Gasteiger partial charge in [-0.15, -0.1) is 0 Å². The van der Waals surface area contributed by atoms with Crippen molar-refractivity contribution in [3.8, 4) is 0 Å². The summed E-state index contributed by atoms with van der Waals surface area (Å²) < 4.78 is 0. The van der Waals surface area contributed by atoms with Gasteiger partial charge in [-0.25, -0.2) is 0 Å². The lowest BCUT2D eigenvalue weighted by atomic mass is 10.0. The van der Waals surface area contributed by atoms with Crippen LogP contribution in [0.1, 0.15) is 27.1 Å². The molecule has 2 amide bonds. The summed E-state index contributed by atoms with van der Waals surface area (Å²) in [6, 6.07) is 26.6. The molecule has 0 atom stereocenters. The third-order valence-electron chi connectivity index (χ3n) is 4.97. The molecule has 4 aromatic rings. The van der Waals surface area contributed by atoms with Gasteiger partial charge in [-0.05, 0) is 47.0 Å². The van der Waals surface area contributed by atoms with Gasteiger partial charge in [0.2, 0.25) is 0 Å². The molecule has 2 N–H and O–H groups in total. The molecule has 0 aliphatic carbocycles. The minimum Gasteiger partial charge on any atom is -0.332 e. The molecule has 0 fully saturated rings. The van der Waals surface area contributed by atoms with Crippen molar-refractivity contribution in [2.45, 2.75) is 12.6 Å². The Kier molecular flexibility index (Phi) is 5.25. The molecular formula is C25H21N2O2. The fraction of sp³-hybridized carbons (Fsp3) is 0.0800. The van der Waals surface area contributed by atoms with Crippen LogP contribution in [-0.4, -0.2) is 18.0 Å². The van der Waals surface area contributed by atoms with Gasteiger partial charge in [0.25, 0.3) is 11.8 Å². The summed E-state index contributed by atoms with van der Waals surface area (Å²) in [5.74, 6) is -0.484. The zero-order valence-corrected chi connectivity index (χ0v) is 15.9. The molecule has 0 heterocycles. The van der Waals surface area contributed by atoms with Crippen molar-refractivity contribution in [3.05, 3.63) is 103 Å². The van der Waals surface area contributed by atoms with Gasteiger partial charge in [0, 0.05) is 11.1 Å². The van der Waals surface area contributed by atoms with Crippen LogP contribution in [0, 0.1) is 6.92 Å². The summed E-state index contributed by atoms with van der Waals surface area (Å²) in [5, 5.41) is 9.51. The lowest BCUT2D eigenvalue weighted by molar-refractivity contribution is 0.0886. The van der Waals surface area contributed by atoms with Crippen LogP contribution in [0.3, 0.4) is 0 Å². The second-order valence-corrected chi connectivity index (χ2v) is 6.84. The summed E-state index contributed by atoms with van der Waals surface area (Å²) in [5.41, 5.74) is 1.14. The first-order valence-electron chi connectivity index (χ1n) is 9.54. The summed E-state index contributed by atoms with van der Waals surface area (Å²) >= 11 is 0. The van der Waals surface area contributed by atoms with Crippen LogP contribution < -0.4 is 10.6 Å². The van der Waals surface area contributed by atoms with Crippen LogP contribution in [0.15, 0.2) is 84.9 Å². The largest absolute Gasteiger partial charge is 0.332 e. The van der Waals surface area contributed by atoms with Crippen LogP contribution in [0.4, 0.5) is 0 Å². The van der Waals surface area contributed by atoms with Crippen LogP contribution in [0.5, 0.6) is 0 Å². The molecule has 143 valence electrons. The van der Waals surface area contributed by atoms with E-state index in [1.807, 2.05) is 72.8 Å². The SMILES string of the molecule is [CH2]CC(NC(=O)c1cccc2ccccc12)NC(=O)c1cccc2ccccc12. The number of fused-ring (bicyclic) bond motifs is 2. The number of rotatable bonds is 5. The fourth-order valence-corrected chi connectivity index (χ4v) is 3.50. The number of amides is 2. The van der Waals surface area contributed by atoms with E-state index in [9.17, 15) is 9.59 Å². The van der Waals surface area contributed by atoms with Crippen molar-refractivity contribution in [2.24, 2.45) is 0 Å². The Morgan fingerprint density at radius 1 is 0.655 bits per heavy atom. The van der Waals surface area contributed by atoms with Crippen molar-refractivity contribution >= 4 is 33.4 Å². The van der Waals surface area contributed by atoms with E-state index in [1.165, 1.54) is 0 Å². The molecule has 0 aliphatic rings. The van der Waals surface area contributed by atoms with Gasteiger partial charge in [0.1, 0.15) is 6.17 Å². The summed E-state index contributed by atoms with van der Waals surface area (Å²) in [6.45, 7) is 3.87. The zero-order chi connectivity index (χ0) is 20.2. The predicted molar refractivity (Wildman–Crippen MR) is 117 cm³/mol. The lowest BCUT2D eigenvalue weighted by Gasteiger charge is -2.20. The molecule has 4 nitrogen and oxygen atoms in total. The molecule has 0 aliphatic heterocycles. The molecule has 0 aromatic heterocycles. The van der Waals surface area contributed by atoms with E-state index in [0.29, 0.717) is 17.5 Å². The lowest BCUT2D eigenvalue weighted by Crippen LogP contribution is -2.47. The van der Waals surface area contributed by atoms with Crippen molar-refractivity contribution in [3.63, 3.8) is 0 Å². The second kappa shape index (κ2) is 8.15. The summed E-state index contributed by atoms with van der Waals surface area (Å²) in [7, 11) is 0. The minimum atomic E-state index is -0.576. The quantitative estimate of drug-likeness (QED) is 0.492. The third-order valence-corrected chi connectivity index (χ3v) is 4.97.